The van der Waals surface area contributed by atoms with Crippen LogP contribution in [0.15, 0.2) is 54.7 Å². The highest BCUT2D eigenvalue weighted by molar-refractivity contribution is 5.80. The lowest BCUT2D eigenvalue weighted by atomic mass is 9.74. The molecule has 0 radical (unpaired) electrons. The first-order valence-electron chi connectivity index (χ1n) is 11.0. The van der Waals surface area contributed by atoms with E-state index in [4.69, 9.17) is 9.47 Å². The zero-order chi connectivity index (χ0) is 22.7. The molecule has 1 atom stereocenters. The van der Waals surface area contributed by atoms with Crippen LogP contribution in [-0.4, -0.2) is 29.9 Å². The van der Waals surface area contributed by atoms with Gasteiger partial charge in [0, 0.05) is 16.8 Å². The highest BCUT2D eigenvalue weighted by Gasteiger charge is 2.35. The topological polar surface area (TPSA) is 65.4 Å². The van der Waals surface area contributed by atoms with E-state index in [9.17, 15) is 4.79 Å². The molecule has 1 aliphatic rings. The van der Waals surface area contributed by atoms with Crippen molar-refractivity contribution in [2.24, 2.45) is 5.41 Å². The molecule has 1 heterocycles. The van der Waals surface area contributed by atoms with Gasteiger partial charge in [0.1, 0.15) is 11.5 Å². The van der Waals surface area contributed by atoms with E-state index in [0.29, 0.717) is 11.5 Å². The third-order valence-electron chi connectivity index (χ3n) is 6.11. The Morgan fingerprint density at radius 1 is 1.16 bits per heavy atom. The van der Waals surface area contributed by atoms with Gasteiger partial charge in [0.2, 0.25) is 5.91 Å². The second kappa shape index (κ2) is 9.07. The number of hydrogen-bond donors (Lipinski definition) is 1. The summed E-state index contributed by atoms with van der Waals surface area (Å²) < 4.78 is 12.8. The van der Waals surface area contributed by atoms with Crippen molar-refractivity contribution in [1.82, 2.24) is 15.1 Å². The van der Waals surface area contributed by atoms with Gasteiger partial charge in [-0.2, -0.15) is 5.10 Å². The monoisotopic (exact) mass is 433 g/mol. The van der Waals surface area contributed by atoms with Crippen molar-refractivity contribution >= 4 is 5.91 Å². The van der Waals surface area contributed by atoms with E-state index in [0.717, 1.165) is 30.5 Å². The third-order valence-corrected chi connectivity index (χ3v) is 6.11. The molecule has 32 heavy (non-hydrogen) atoms. The van der Waals surface area contributed by atoms with E-state index in [2.05, 4.69) is 41.1 Å². The van der Waals surface area contributed by atoms with Gasteiger partial charge in [-0.3, -0.25) is 9.48 Å². The molecule has 0 saturated heterocycles. The smallest absolute Gasteiger partial charge is 0.225 e. The summed E-state index contributed by atoms with van der Waals surface area (Å²) in [5, 5.41) is 7.94. The van der Waals surface area contributed by atoms with Gasteiger partial charge in [0.05, 0.1) is 39.4 Å². The van der Waals surface area contributed by atoms with Crippen LogP contribution in [0, 0.1) is 5.41 Å². The van der Waals surface area contributed by atoms with E-state index in [1.54, 1.807) is 14.2 Å². The summed E-state index contributed by atoms with van der Waals surface area (Å²) in [5.74, 6) is 1.35. The number of nitrogens with zero attached hydrogens (tertiary/aromatic N) is 2. The Labute approximate surface area is 189 Å². The van der Waals surface area contributed by atoms with E-state index in [1.807, 2.05) is 42.6 Å². The summed E-state index contributed by atoms with van der Waals surface area (Å²) in [6, 6.07) is 15.8. The van der Waals surface area contributed by atoms with Crippen molar-refractivity contribution < 1.29 is 14.3 Å². The Morgan fingerprint density at radius 2 is 1.94 bits per heavy atom. The van der Waals surface area contributed by atoms with Gasteiger partial charge in [-0.05, 0) is 42.0 Å². The maximum Gasteiger partial charge on any atom is 0.225 e. The second-order valence-electron chi connectivity index (χ2n) is 9.21. The quantitative estimate of drug-likeness (QED) is 0.603. The van der Waals surface area contributed by atoms with Crippen molar-refractivity contribution in [2.75, 3.05) is 14.2 Å². The van der Waals surface area contributed by atoms with Crippen LogP contribution in [0.4, 0.5) is 0 Å². The molecule has 3 aromatic rings. The Balaban J connectivity index is 1.54. The van der Waals surface area contributed by atoms with Crippen molar-refractivity contribution in [3.8, 4) is 11.5 Å². The largest absolute Gasteiger partial charge is 0.497 e. The molecule has 1 unspecified atom stereocenters. The third kappa shape index (κ3) is 4.79. The molecule has 0 saturated carbocycles. The fourth-order valence-corrected chi connectivity index (χ4v) is 4.56. The number of nitrogens with one attached hydrogen (secondary N) is 1. The zero-order valence-corrected chi connectivity index (χ0v) is 19.2. The molecule has 2 aromatic carbocycles. The van der Waals surface area contributed by atoms with E-state index < -0.39 is 0 Å². The number of hydrogen-bond acceptors (Lipinski definition) is 4. The summed E-state index contributed by atoms with van der Waals surface area (Å²) >= 11 is 0. The Morgan fingerprint density at radius 3 is 2.66 bits per heavy atom. The first-order valence-corrected chi connectivity index (χ1v) is 11.0. The molecule has 168 valence electrons. The van der Waals surface area contributed by atoms with Gasteiger partial charge in [-0.15, -0.1) is 0 Å². The number of carbonyl (C=O) groups is 1. The fourth-order valence-electron chi connectivity index (χ4n) is 4.56. The molecular formula is C26H31N3O3. The predicted molar refractivity (Wildman–Crippen MR) is 124 cm³/mol. The highest BCUT2D eigenvalue weighted by atomic mass is 16.5. The van der Waals surface area contributed by atoms with E-state index in [-0.39, 0.29) is 23.8 Å². The number of methoxy groups -OCH3 is 2. The Bertz CT molecular complexity index is 1090. The average Bonchev–Trinajstić information content (AvgIpc) is 3.15. The minimum Gasteiger partial charge on any atom is -0.497 e. The molecule has 1 aromatic heterocycles. The number of fused-ring (bicyclic) bond motifs is 1. The lowest BCUT2D eigenvalue weighted by Gasteiger charge is -2.36. The molecule has 1 N–H and O–H groups in total. The van der Waals surface area contributed by atoms with Crippen LogP contribution >= 0.6 is 0 Å². The van der Waals surface area contributed by atoms with Crippen molar-refractivity contribution in [3.05, 3.63) is 77.1 Å². The minimum absolute atomic E-state index is 0.0407. The van der Waals surface area contributed by atoms with Gasteiger partial charge in [0.15, 0.2) is 0 Å². The Hall–Kier alpha value is -3.28. The second-order valence-corrected chi connectivity index (χ2v) is 9.21. The maximum atomic E-state index is 13.0. The average molecular weight is 434 g/mol. The van der Waals surface area contributed by atoms with Crippen LogP contribution in [0.5, 0.6) is 11.5 Å². The van der Waals surface area contributed by atoms with Crippen LogP contribution in [-0.2, 0) is 24.2 Å². The number of ether oxygens (including phenoxy) is 2. The molecule has 1 aliphatic carbocycles. The first kappa shape index (κ1) is 21.9. The minimum atomic E-state index is -0.0672. The Kier molecular flexibility index (Phi) is 6.21. The van der Waals surface area contributed by atoms with Crippen molar-refractivity contribution in [1.29, 1.82) is 0 Å². The molecule has 0 bridgehead atoms. The first-order chi connectivity index (χ1) is 15.4. The SMILES string of the molecule is COc1ccc(OC)c(CC(=O)NC2CC(C)(C)Cc3c2cnn3Cc2ccccc2)c1. The van der Waals surface area contributed by atoms with Crippen LogP contribution in [0.3, 0.4) is 0 Å². The van der Waals surface area contributed by atoms with E-state index >= 15 is 0 Å². The van der Waals surface area contributed by atoms with Crippen LogP contribution < -0.4 is 14.8 Å². The van der Waals surface area contributed by atoms with Crippen molar-refractivity contribution in [3.63, 3.8) is 0 Å². The molecule has 6 nitrogen and oxygen atoms in total. The molecule has 0 fully saturated rings. The number of benzene rings is 2. The van der Waals surface area contributed by atoms with Crippen molar-refractivity contribution in [2.45, 2.75) is 45.7 Å². The number of aromatic nitrogens is 2. The van der Waals surface area contributed by atoms with Gasteiger partial charge < -0.3 is 14.8 Å². The van der Waals surface area contributed by atoms with E-state index in [1.165, 1.54) is 11.3 Å². The standard InChI is InChI=1S/C26H31N3O3/c1-26(2)14-22(28-25(30)13-19-12-20(31-3)10-11-24(19)32-4)21-16-27-29(23(21)15-26)17-18-8-6-5-7-9-18/h5-12,16,22H,13-15,17H2,1-4H3,(H,28,30). The highest BCUT2D eigenvalue weighted by Crippen LogP contribution is 2.41. The molecule has 0 aliphatic heterocycles. The lowest BCUT2D eigenvalue weighted by Crippen LogP contribution is -2.37. The fraction of sp³-hybridized carbons (Fsp3) is 0.385. The maximum absolute atomic E-state index is 13.0. The van der Waals surface area contributed by atoms with Crippen LogP contribution in [0.25, 0.3) is 0 Å². The van der Waals surface area contributed by atoms with Gasteiger partial charge in [0.25, 0.3) is 0 Å². The van der Waals surface area contributed by atoms with Crippen LogP contribution in [0.1, 0.15) is 48.7 Å². The normalized spacial score (nSPS) is 16.8. The molecule has 6 heteroatoms. The molecule has 4 rings (SSSR count). The number of rotatable bonds is 7. The molecule has 1 amide bonds. The van der Waals surface area contributed by atoms with Gasteiger partial charge in [-0.25, -0.2) is 0 Å². The number of amides is 1. The molecule has 0 spiro atoms. The summed E-state index contributed by atoms with van der Waals surface area (Å²) in [5.41, 5.74) is 4.40. The summed E-state index contributed by atoms with van der Waals surface area (Å²) in [6.45, 7) is 5.23. The summed E-state index contributed by atoms with van der Waals surface area (Å²) in [7, 11) is 3.23. The number of carbonyl (C=O) groups excluding carboxylic acids is 1. The van der Waals surface area contributed by atoms with Gasteiger partial charge in [-0.1, -0.05) is 44.2 Å². The predicted octanol–water partition coefficient (Wildman–Crippen LogP) is 4.32. The summed E-state index contributed by atoms with van der Waals surface area (Å²) in [6.07, 6.45) is 3.96. The van der Waals surface area contributed by atoms with Crippen LogP contribution in [0.2, 0.25) is 0 Å². The lowest BCUT2D eigenvalue weighted by molar-refractivity contribution is -0.121. The zero-order valence-electron chi connectivity index (χ0n) is 19.2. The van der Waals surface area contributed by atoms with Gasteiger partial charge >= 0.3 is 0 Å². The molecular weight excluding hydrogens is 402 g/mol. The summed E-state index contributed by atoms with van der Waals surface area (Å²) in [4.78, 5) is 13.0.